The van der Waals surface area contributed by atoms with E-state index in [2.05, 4.69) is 0 Å². The second-order valence-electron chi connectivity index (χ2n) is 8.06. The van der Waals surface area contributed by atoms with Crippen LogP contribution in [0.4, 0.5) is 0 Å². The summed E-state index contributed by atoms with van der Waals surface area (Å²) in [6.45, 7) is 10.4. The molecule has 8 nitrogen and oxygen atoms in total. The molecular weight excluding hydrogens is 368 g/mol. The summed E-state index contributed by atoms with van der Waals surface area (Å²) in [5.41, 5.74) is 0. The Hall–Kier alpha value is -1.22. The van der Waals surface area contributed by atoms with Gasteiger partial charge < -0.3 is 28.4 Å². The van der Waals surface area contributed by atoms with Crippen LogP contribution in [0.5, 0.6) is 0 Å². The van der Waals surface area contributed by atoms with E-state index in [1.807, 2.05) is 13.8 Å². The third kappa shape index (κ3) is 7.66. The minimum atomic E-state index is -0.951. The highest BCUT2D eigenvalue weighted by Crippen LogP contribution is 2.27. The molecule has 2 saturated heterocycles. The molecule has 28 heavy (non-hydrogen) atoms. The highest BCUT2D eigenvalue weighted by atomic mass is 16.7. The number of hydrogen-bond donors (Lipinski definition) is 0. The highest BCUT2D eigenvalue weighted by Gasteiger charge is 2.36. The van der Waals surface area contributed by atoms with E-state index in [0.717, 1.165) is 12.8 Å². The van der Waals surface area contributed by atoms with Gasteiger partial charge in [0, 0.05) is 6.42 Å². The lowest BCUT2D eigenvalue weighted by molar-refractivity contribution is -0.282. The van der Waals surface area contributed by atoms with Crippen LogP contribution in [0.15, 0.2) is 0 Å². The topological polar surface area (TPSA) is 89.5 Å². The Balaban J connectivity index is 1.64. The SMILES string of the molecule is CC(CCOC(=O)CC1(C)OCCC(C)O1)OC(=O)CC1(C)OCCC(C)O1. The van der Waals surface area contributed by atoms with Crippen LogP contribution >= 0.6 is 0 Å². The maximum absolute atomic E-state index is 12.1. The Morgan fingerprint density at radius 1 is 0.964 bits per heavy atom. The summed E-state index contributed by atoms with van der Waals surface area (Å²) >= 11 is 0. The van der Waals surface area contributed by atoms with Crippen LogP contribution in [-0.4, -0.2) is 61.6 Å². The lowest BCUT2D eigenvalue weighted by Gasteiger charge is -2.36. The second kappa shape index (κ2) is 10.0. The van der Waals surface area contributed by atoms with Gasteiger partial charge in [0.1, 0.15) is 6.10 Å². The first-order valence-corrected chi connectivity index (χ1v) is 10.1. The molecule has 0 aliphatic carbocycles. The molecule has 0 bridgehead atoms. The van der Waals surface area contributed by atoms with E-state index >= 15 is 0 Å². The summed E-state index contributed by atoms with van der Waals surface area (Å²) in [4.78, 5) is 24.2. The molecular formula is C20H34O8. The molecule has 162 valence electrons. The van der Waals surface area contributed by atoms with Crippen LogP contribution in [0.2, 0.25) is 0 Å². The fourth-order valence-electron chi connectivity index (χ4n) is 3.34. The maximum atomic E-state index is 12.1. The average molecular weight is 402 g/mol. The molecule has 0 aromatic heterocycles. The summed E-state index contributed by atoms with van der Waals surface area (Å²) in [6.07, 6.45) is 1.77. The van der Waals surface area contributed by atoms with E-state index in [1.54, 1.807) is 20.8 Å². The Labute approximate surface area is 167 Å². The average Bonchev–Trinajstić information content (AvgIpc) is 2.52. The third-order valence-electron chi connectivity index (χ3n) is 4.82. The van der Waals surface area contributed by atoms with Gasteiger partial charge >= 0.3 is 11.9 Å². The Morgan fingerprint density at radius 2 is 1.46 bits per heavy atom. The van der Waals surface area contributed by atoms with Crippen molar-refractivity contribution in [3.05, 3.63) is 0 Å². The van der Waals surface area contributed by atoms with E-state index in [0.29, 0.717) is 19.6 Å². The van der Waals surface area contributed by atoms with Gasteiger partial charge in [-0.3, -0.25) is 9.59 Å². The molecule has 0 N–H and O–H groups in total. The first-order valence-electron chi connectivity index (χ1n) is 10.1. The molecule has 2 aliphatic rings. The standard InChI is InChI=1S/C20H34O8/c1-14(26-18(22)13-20(5)25-11-8-16(3)28-20)6-9-23-17(21)12-19(4)24-10-7-15(2)27-19/h14-16H,6-13H2,1-5H3. The van der Waals surface area contributed by atoms with Crippen LogP contribution in [-0.2, 0) is 38.0 Å². The summed E-state index contributed by atoms with van der Waals surface area (Å²) in [5, 5.41) is 0. The van der Waals surface area contributed by atoms with Crippen molar-refractivity contribution in [3.8, 4) is 0 Å². The van der Waals surface area contributed by atoms with Gasteiger partial charge in [-0.1, -0.05) is 0 Å². The molecule has 5 atom stereocenters. The van der Waals surface area contributed by atoms with E-state index in [4.69, 9.17) is 28.4 Å². The molecule has 2 fully saturated rings. The third-order valence-corrected chi connectivity index (χ3v) is 4.82. The number of rotatable bonds is 8. The smallest absolute Gasteiger partial charge is 0.311 e. The minimum absolute atomic E-state index is 0.0205. The zero-order chi connectivity index (χ0) is 20.8. The predicted octanol–water partition coefficient (Wildman–Crippen LogP) is 2.71. The molecule has 0 aromatic carbocycles. The van der Waals surface area contributed by atoms with Gasteiger partial charge in [0.15, 0.2) is 11.6 Å². The van der Waals surface area contributed by atoms with Crippen molar-refractivity contribution in [2.45, 2.75) is 96.6 Å². The van der Waals surface area contributed by atoms with Crippen molar-refractivity contribution in [3.63, 3.8) is 0 Å². The van der Waals surface area contributed by atoms with Crippen molar-refractivity contribution in [1.29, 1.82) is 0 Å². The maximum Gasteiger partial charge on any atom is 0.311 e. The molecule has 0 amide bonds. The molecule has 2 rings (SSSR count). The first-order chi connectivity index (χ1) is 13.1. The monoisotopic (exact) mass is 402 g/mol. The summed E-state index contributed by atoms with van der Waals surface area (Å²) in [5.74, 6) is -2.70. The highest BCUT2D eigenvalue weighted by molar-refractivity contribution is 5.71. The summed E-state index contributed by atoms with van der Waals surface area (Å²) in [6, 6.07) is 0. The lowest BCUT2D eigenvalue weighted by Crippen LogP contribution is -2.43. The normalized spacial score (nSPS) is 34.5. The summed E-state index contributed by atoms with van der Waals surface area (Å²) in [7, 11) is 0. The number of ether oxygens (including phenoxy) is 6. The van der Waals surface area contributed by atoms with Crippen LogP contribution < -0.4 is 0 Å². The van der Waals surface area contributed by atoms with Crippen LogP contribution in [0.25, 0.3) is 0 Å². The Morgan fingerprint density at radius 3 is 1.96 bits per heavy atom. The number of esters is 2. The van der Waals surface area contributed by atoms with Crippen molar-refractivity contribution in [2.75, 3.05) is 19.8 Å². The molecule has 0 spiro atoms. The Bertz CT molecular complexity index is 538. The van der Waals surface area contributed by atoms with Gasteiger partial charge in [-0.05, 0) is 47.5 Å². The van der Waals surface area contributed by atoms with Gasteiger partial charge in [-0.25, -0.2) is 0 Å². The zero-order valence-corrected chi connectivity index (χ0v) is 17.7. The molecule has 0 radical (unpaired) electrons. The molecule has 5 unspecified atom stereocenters. The van der Waals surface area contributed by atoms with E-state index in [-0.39, 0.29) is 37.8 Å². The second-order valence-corrected chi connectivity index (χ2v) is 8.06. The molecule has 2 heterocycles. The van der Waals surface area contributed by atoms with E-state index < -0.39 is 23.5 Å². The van der Waals surface area contributed by atoms with Crippen LogP contribution in [0.1, 0.15) is 66.7 Å². The molecule has 2 aliphatic heterocycles. The van der Waals surface area contributed by atoms with Crippen molar-refractivity contribution in [2.24, 2.45) is 0 Å². The molecule has 0 saturated carbocycles. The van der Waals surface area contributed by atoms with Crippen LogP contribution in [0.3, 0.4) is 0 Å². The summed E-state index contributed by atoms with van der Waals surface area (Å²) < 4.78 is 33.2. The fourth-order valence-corrected chi connectivity index (χ4v) is 3.34. The Kier molecular flexibility index (Phi) is 8.24. The van der Waals surface area contributed by atoms with Gasteiger partial charge in [-0.15, -0.1) is 0 Å². The van der Waals surface area contributed by atoms with Gasteiger partial charge in [-0.2, -0.15) is 0 Å². The van der Waals surface area contributed by atoms with Crippen molar-refractivity contribution < 1.29 is 38.0 Å². The van der Waals surface area contributed by atoms with Crippen molar-refractivity contribution in [1.82, 2.24) is 0 Å². The van der Waals surface area contributed by atoms with Gasteiger partial charge in [0.25, 0.3) is 0 Å². The first kappa shape index (κ1) is 23.1. The lowest BCUT2D eigenvalue weighted by atomic mass is 10.1. The van der Waals surface area contributed by atoms with Gasteiger partial charge in [0.2, 0.25) is 0 Å². The fraction of sp³-hybridized carbons (Fsp3) is 0.900. The minimum Gasteiger partial charge on any atom is -0.465 e. The number of carbonyl (C=O) groups is 2. The van der Waals surface area contributed by atoms with Crippen molar-refractivity contribution >= 4 is 11.9 Å². The quantitative estimate of drug-likeness (QED) is 0.573. The van der Waals surface area contributed by atoms with E-state index in [1.165, 1.54) is 0 Å². The van der Waals surface area contributed by atoms with Gasteiger partial charge in [0.05, 0.1) is 44.9 Å². The number of carbonyl (C=O) groups excluding carboxylic acids is 2. The van der Waals surface area contributed by atoms with Crippen LogP contribution in [0, 0.1) is 0 Å². The largest absolute Gasteiger partial charge is 0.465 e. The number of hydrogen-bond acceptors (Lipinski definition) is 8. The molecule has 8 heteroatoms. The molecule has 0 aromatic rings. The predicted molar refractivity (Wildman–Crippen MR) is 99.4 cm³/mol. The van der Waals surface area contributed by atoms with E-state index in [9.17, 15) is 9.59 Å². The zero-order valence-electron chi connectivity index (χ0n) is 17.7.